The number of nitrogens with zero attached hydrogens (tertiary/aromatic N) is 3. The molecule has 152 valence electrons. The van der Waals surface area contributed by atoms with E-state index in [9.17, 15) is 20.0 Å². The highest BCUT2D eigenvalue weighted by molar-refractivity contribution is 5.95. The van der Waals surface area contributed by atoms with Crippen LogP contribution >= 0.6 is 0 Å². The molecule has 0 bridgehead atoms. The van der Waals surface area contributed by atoms with Crippen LogP contribution in [0.4, 0.5) is 11.4 Å². The molecule has 1 saturated heterocycles. The molecule has 1 heterocycles. The molecule has 29 heavy (non-hydrogen) atoms. The number of ether oxygens (including phenoxy) is 1. The third-order valence-corrected chi connectivity index (χ3v) is 4.53. The lowest BCUT2D eigenvalue weighted by Crippen LogP contribution is -2.19. The Morgan fingerprint density at radius 3 is 2.59 bits per heavy atom. The molecule has 3 rings (SSSR count). The molecular formula is C20H21N4O5-. The first kappa shape index (κ1) is 20.1. The molecule has 1 aliphatic heterocycles. The van der Waals surface area contributed by atoms with Crippen LogP contribution in [0.1, 0.15) is 35.7 Å². The topological polar surface area (TPSA) is 120 Å². The number of carbonyl (C=O) groups excluding carboxylic acids is 1. The highest BCUT2D eigenvalue weighted by Crippen LogP contribution is 2.34. The van der Waals surface area contributed by atoms with Crippen LogP contribution in [0.5, 0.6) is 11.5 Å². The lowest BCUT2D eigenvalue weighted by Gasteiger charge is -2.17. The molecule has 9 heteroatoms. The van der Waals surface area contributed by atoms with Gasteiger partial charge in [-0.2, -0.15) is 5.10 Å². The summed E-state index contributed by atoms with van der Waals surface area (Å²) in [5, 5.41) is 26.8. The summed E-state index contributed by atoms with van der Waals surface area (Å²) in [6.07, 6.45) is 3.58. The van der Waals surface area contributed by atoms with Gasteiger partial charge in [0.1, 0.15) is 5.75 Å². The van der Waals surface area contributed by atoms with Crippen LogP contribution in [0.2, 0.25) is 0 Å². The number of rotatable bonds is 7. The van der Waals surface area contributed by atoms with Crippen molar-refractivity contribution in [2.45, 2.75) is 19.8 Å². The molecule has 0 saturated carbocycles. The van der Waals surface area contributed by atoms with Gasteiger partial charge in [0.05, 0.1) is 17.7 Å². The van der Waals surface area contributed by atoms with Gasteiger partial charge in [0, 0.05) is 41.7 Å². The molecule has 9 nitrogen and oxygen atoms in total. The van der Waals surface area contributed by atoms with E-state index < -0.39 is 22.3 Å². The van der Waals surface area contributed by atoms with E-state index >= 15 is 0 Å². The average molecular weight is 397 g/mol. The summed E-state index contributed by atoms with van der Waals surface area (Å²) in [7, 11) is 0. The fraction of sp³-hybridized carbons (Fsp3) is 0.300. The first-order valence-corrected chi connectivity index (χ1v) is 9.30. The van der Waals surface area contributed by atoms with E-state index in [0.717, 1.165) is 24.8 Å². The predicted molar refractivity (Wildman–Crippen MR) is 107 cm³/mol. The minimum atomic E-state index is -0.795. The summed E-state index contributed by atoms with van der Waals surface area (Å²) >= 11 is 0. The number of amides is 1. The van der Waals surface area contributed by atoms with Crippen LogP contribution in [0.15, 0.2) is 41.5 Å². The van der Waals surface area contributed by atoms with Crippen molar-refractivity contribution in [3.8, 4) is 11.5 Å². The standard InChI is InChI=1S/C20H22N4O5/c1-2-29-18-12-14(11-17(19(18)25)24(27)28)13-21-22-20(26)15-5-7-16(8-6-15)23-9-3-4-10-23/h5-8,11-13,25H,2-4,9-10H2,1H3,(H,22,26)/p-1/b21-13-. The van der Waals surface area contributed by atoms with Gasteiger partial charge in [0.15, 0.2) is 0 Å². The van der Waals surface area contributed by atoms with Gasteiger partial charge in [-0.3, -0.25) is 14.9 Å². The van der Waals surface area contributed by atoms with Crippen molar-refractivity contribution in [1.29, 1.82) is 0 Å². The van der Waals surface area contributed by atoms with Crippen LogP contribution in [0, 0.1) is 10.1 Å². The molecule has 1 aliphatic rings. The molecule has 1 N–H and O–H groups in total. The molecule has 0 spiro atoms. The highest BCUT2D eigenvalue weighted by Gasteiger charge is 2.14. The maximum atomic E-state index is 12.2. The van der Waals surface area contributed by atoms with Crippen molar-refractivity contribution in [2.75, 3.05) is 24.6 Å². The fourth-order valence-electron chi connectivity index (χ4n) is 3.11. The molecule has 0 atom stereocenters. The highest BCUT2D eigenvalue weighted by atomic mass is 16.6. The minimum absolute atomic E-state index is 0.132. The third-order valence-electron chi connectivity index (χ3n) is 4.53. The van der Waals surface area contributed by atoms with Gasteiger partial charge in [0.2, 0.25) is 0 Å². The quantitative estimate of drug-likeness (QED) is 0.435. The second-order valence-corrected chi connectivity index (χ2v) is 6.50. The van der Waals surface area contributed by atoms with Gasteiger partial charge < -0.3 is 14.7 Å². The Labute approximate surface area is 167 Å². The summed E-state index contributed by atoms with van der Waals surface area (Å²) in [6.45, 7) is 3.90. The van der Waals surface area contributed by atoms with Crippen LogP contribution < -0.4 is 20.2 Å². The molecular weight excluding hydrogens is 376 g/mol. The van der Waals surface area contributed by atoms with Gasteiger partial charge in [-0.05, 0) is 50.1 Å². The number of hydrazone groups is 1. The number of nitrogens with one attached hydrogen (secondary N) is 1. The molecule has 0 aromatic heterocycles. The Morgan fingerprint density at radius 2 is 1.97 bits per heavy atom. The number of nitro groups is 1. The van der Waals surface area contributed by atoms with Crippen molar-refractivity contribution in [3.63, 3.8) is 0 Å². The maximum absolute atomic E-state index is 12.2. The zero-order valence-electron chi connectivity index (χ0n) is 16.0. The van der Waals surface area contributed by atoms with Gasteiger partial charge in [0.25, 0.3) is 11.6 Å². The summed E-state index contributed by atoms with van der Waals surface area (Å²) < 4.78 is 5.15. The summed E-state index contributed by atoms with van der Waals surface area (Å²) in [6, 6.07) is 9.68. The number of hydrogen-bond donors (Lipinski definition) is 1. The van der Waals surface area contributed by atoms with E-state index in [-0.39, 0.29) is 17.9 Å². The smallest absolute Gasteiger partial charge is 0.271 e. The van der Waals surface area contributed by atoms with E-state index in [4.69, 9.17) is 4.74 Å². The van der Waals surface area contributed by atoms with Crippen LogP contribution in [0.25, 0.3) is 0 Å². The second kappa shape index (κ2) is 9.05. The zero-order valence-corrected chi connectivity index (χ0v) is 16.0. The van der Waals surface area contributed by atoms with Crippen molar-refractivity contribution in [2.24, 2.45) is 5.10 Å². The Kier molecular flexibility index (Phi) is 6.28. The van der Waals surface area contributed by atoms with E-state index in [2.05, 4.69) is 15.4 Å². The van der Waals surface area contributed by atoms with Crippen molar-refractivity contribution >= 4 is 23.5 Å². The SMILES string of the molecule is CCOc1cc(/C=N\NC(=O)c2ccc(N3CCCC3)cc2)cc([N+](=O)[O-])c1[O-]. The molecule has 2 aromatic carbocycles. The number of nitro benzene ring substituents is 1. The van der Waals surface area contributed by atoms with Gasteiger partial charge in [-0.1, -0.05) is 0 Å². The van der Waals surface area contributed by atoms with Crippen molar-refractivity contribution < 1.29 is 19.6 Å². The van der Waals surface area contributed by atoms with Gasteiger partial charge >= 0.3 is 0 Å². The Morgan fingerprint density at radius 1 is 1.28 bits per heavy atom. The summed E-state index contributed by atoms with van der Waals surface area (Å²) in [5.74, 6) is -1.34. The molecule has 0 unspecified atom stereocenters. The van der Waals surface area contributed by atoms with Crippen LogP contribution in [-0.4, -0.2) is 36.7 Å². The van der Waals surface area contributed by atoms with E-state index in [1.54, 1.807) is 19.1 Å². The molecule has 1 fully saturated rings. The monoisotopic (exact) mass is 397 g/mol. The number of hydrogen-bond acceptors (Lipinski definition) is 7. The summed E-state index contributed by atoms with van der Waals surface area (Å²) in [5.41, 5.74) is 3.56. The lowest BCUT2D eigenvalue weighted by atomic mass is 10.2. The lowest BCUT2D eigenvalue weighted by molar-refractivity contribution is -0.398. The van der Waals surface area contributed by atoms with Crippen LogP contribution in [-0.2, 0) is 0 Å². The second-order valence-electron chi connectivity index (χ2n) is 6.50. The molecule has 0 aliphatic carbocycles. The first-order valence-electron chi connectivity index (χ1n) is 9.30. The van der Waals surface area contributed by atoms with Gasteiger partial charge in [-0.15, -0.1) is 0 Å². The minimum Gasteiger partial charge on any atom is -0.865 e. The Bertz CT molecular complexity index is 921. The summed E-state index contributed by atoms with van der Waals surface area (Å²) in [4.78, 5) is 24.8. The van der Waals surface area contributed by atoms with E-state index in [1.165, 1.54) is 25.1 Å². The number of anilines is 1. The molecule has 1 amide bonds. The Hall–Kier alpha value is -3.62. The largest absolute Gasteiger partial charge is 0.865 e. The van der Waals surface area contributed by atoms with E-state index in [0.29, 0.717) is 5.56 Å². The fourth-order valence-corrected chi connectivity index (χ4v) is 3.11. The number of benzene rings is 2. The van der Waals surface area contributed by atoms with Gasteiger partial charge in [-0.25, -0.2) is 5.43 Å². The van der Waals surface area contributed by atoms with Crippen LogP contribution in [0.3, 0.4) is 0 Å². The van der Waals surface area contributed by atoms with Crippen molar-refractivity contribution in [3.05, 3.63) is 57.6 Å². The average Bonchev–Trinajstić information content (AvgIpc) is 3.25. The maximum Gasteiger partial charge on any atom is 0.271 e. The van der Waals surface area contributed by atoms with E-state index in [1.807, 2.05) is 12.1 Å². The zero-order chi connectivity index (χ0) is 20.8. The third kappa shape index (κ3) is 4.81. The molecule has 0 radical (unpaired) electrons. The van der Waals surface area contributed by atoms with Crippen molar-refractivity contribution in [1.82, 2.24) is 5.43 Å². The molecule has 2 aromatic rings. The first-order chi connectivity index (χ1) is 14.0. The number of carbonyl (C=O) groups is 1. The normalized spacial score (nSPS) is 13.6. The predicted octanol–water partition coefficient (Wildman–Crippen LogP) is 2.43. The Balaban J connectivity index is 1.68.